The molecular weight excluding hydrogens is 374 g/mol. The molecule has 28 heavy (non-hydrogen) atoms. The van der Waals surface area contributed by atoms with Crippen molar-refractivity contribution in [2.75, 3.05) is 25.6 Å². The van der Waals surface area contributed by atoms with Gasteiger partial charge in [-0.3, -0.25) is 9.78 Å². The van der Waals surface area contributed by atoms with Gasteiger partial charge in [-0.2, -0.15) is 11.8 Å². The molecule has 1 atom stereocenters. The minimum absolute atomic E-state index is 0.0508. The van der Waals surface area contributed by atoms with Gasteiger partial charge >= 0.3 is 0 Å². The predicted octanol–water partition coefficient (Wildman–Crippen LogP) is 3.68. The van der Waals surface area contributed by atoms with Crippen molar-refractivity contribution in [2.24, 2.45) is 0 Å². The fraction of sp³-hybridized carbons (Fsp3) is 0.286. The molecule has 3 heterocycles. The van der Waals surface area contributed by atoms with E-state index in [0.29, 0.717) is 24.0 Å². The van der Waals surface area contributed by atoms with E-state index in [1.165, 1.54) is 5.56 Å². The van der Waals surface area contributed by atoms with Gasteiger partial charge in [-0.1, -0.05) is 18.2 Å². The van der Waals surface area contributed by atoms with Gasteiger partial charge in [0.25, 0.3) is 5.91 Å². The largest absolute Gasteiger partial charge is 0.454 e. The molecule has 1 aromatic heterocycles. The van der Waals surface area contributed by atoms with Crippen molar-refractivity contribution < 1.29 is 14.3 Å². The smallest absolute Gasteiger partial charge is 0.274 e. The zero-order chi connectivity index (χ0) is 18.9. The van der Waals surface area contributed by atoms with E-state index in [-0.39, 0.29) is 12.7 Å². The quantitative estimate of drug-likeness (QED) is 0.662. The molecule has 0 aliphatic carbocycles. The fourth-order valence-corrected chi connectivity index (χ4v) is 4.80. The Labute approximate surface area is 166 Å². The van der Waals surface area contributed by atoms with E-state index in [2.05, 4.69) is 22.1 Å². The van der Waals surface area contributed by atoms with E-state index < -0.39 is 0 Å². The monoisotopic (exact) mass is 393 g/mol. The minimum Gasteiger partial charge on any atom is -0.454 e. The Morgan fingerprint density at radius 1 is 1.07 bits per heavy atom. The van der Waals surface area contributed by atoms with Gasteiger partial charge in [-0.25, -0.2) is 4.98 Å². The summed E-state index contributed by atoms with van der Waals surface area (Å²) in [6.45, 7) is 1.68. The zero-order valence-electron chi connectivity index (χ0n) is 15.2. The number of para-hydroxylation sites is 2. The molecule has 7 heteroatoms. The van der Waals surface area contributed by atoms with Gasteiger partial charge in [0.1, 0.15) is 5.69 Å². The summed E-state index contributed by atoms with van der Waals surface area (Å²) in [7, 11) is 0. The number of hydrogen-bond acceptors (Lipinski definition) is 6. The first-order valence-corrected chi connectivity index (χ1v) is 10.3. The van der Waals surface area contributed by atoms with Crippen molar-refractivity contribution in [1.82, 2.24) is 14.9 Å². The number of ether oxygens (including phenoxy) is 2. The van der Waals surface area contributed by atoms with Crippen LogP contribution >= 0.6 is 11.8 Å². The van der Waals surface area contributed by atoms with Crippen LogP contribution in [-0.4, -0.2) is 46.4 Å². The van der Waals surface area contributed by atoms with Crippen LogP contribution in [0, 0.1) is 0 Å². The maximum atomic E-state index is 13.0. The molecular formula is C21H19N3O3S. The van der Waals surface area contributed by atoms with Crippen molar-refractivity contribution in [3.63, 3.8) is 0 Å². The van der Waals surface area contributed by atoms with Crippen LogP contribution in [0.3, 0.4) is 0 Å². The van der Waals surface area contributed by atoms with E-state index in [9.17, 15) is 4.79 Å². The number of nitrogens with zero attached hydrogens (tertiary/aromatic N) is 3. The maximum Gasteiger partial charge on any atom is 0.274 e. The molecule has 3 aromatic rings. The van der Waals surface area contributed by atoms with Crippen molar-refractivity contribution in [2.45, 2.75) is 11.7 Å². The minimum atomic E-state index is -0.0508. The Balaban J connectivity index is 1.31. The van der Waals surface area contributed by atoms with Gasteiger partial charge in [0.2, 0.25) is 6.79 Å². The molecule has 1 amide bonds. The Kier molecular flexibility index (Phi) is 4.52. The third kappa shape index (κ3) is 3.26. The average molecular weight is 393 g/mol. The first-order valence-electron chi connectivity index (χ1n) is 9.30. The maximum absolute atomic E-state index is 13.0. The fourth-order valence-electron chi connectivity index (χ4n) is 3.58. The van der Waals surface area contributed by atoms with Crippen molar-refractivity contribution in [1.29, 1.82) is 0 Å². The summed E-state index contributed by atoms with van der Waals surface area (Å²) < 4.78 is 10.9. The topological polar surface area (TPSA) is 64.6 Å². The van der Waals surface area contributed by atoms with Crippen LogP contribution in [0.4, 0.5) is 0 Å². The lowest BCUT2D eigenvalue weighted by molar-refractivity contribution is 0.0760. The number of benzene rings is 2. The van der Waals surface area contributed by atoms with Crippen LogP contribution in [0.2, 0.25) is 0 Å². The second-order valence-corrected chi connectivity index (χ2v) is 8.11. The van der Waals surface area contributed by atoms with Crippen molar-refractivity contribution in [3.05, 3.63) is 59.9 Å². The molecule has 1 saturated heterocycles. The Hall–Kier alpha value is -2.80. The molecule has 1 unspecified atom stereocenters. The van der Waals surface area contributed by atoms with Gasteiger partial charge in [0, 0.05) is 24.1 Å². The molecule has 1 fully saturated rings. The van der Waals surface area contributed by atoms with E-state index in [1.54, 1.807) is 6.20 Å². The summed E-state index contributed by atoms with van der Waals surface area (Å²) >= 11 is 1.88. The third-order valence-electron chi connectivity index (χ3n) is 5.06. The van der Waals surface area contributed by atoms with Crippen LogP contribution in [0.5, 0.6) is 11.5 Å². The van der Waals surface area contributed by atoms with Gasteiger partial charge in [0.15, 0.2) is 11.5 Å². The SMILES string of the molecule is O=C(c1cnc2ccccc2n1)N1CCSC(c2ccc3c(c2)OCO3)CC1. The highest BCUT2D eigenvalue weighted by atomic mass is 32.2. The molecule has 142 valence electrons. The lowest BCUT2D eigenvalue weighted by Crippen LogP contribution is -2.33. The van der Waals surface area contributed by atoms with Gasteiger partial charge < -0.3 is 14.4 Å². The van der Waals surface area contributed by atoms with Crippen LogP contribution in [0.25, 0.3) is 11.0 Å². The number of thioether (sulfide) groups is 1. The first kappa shape index (κ1) is 17.3. The Morgan fingerprint density at radius 2 is 1.93 bits per heavy atom. The van der Waals surface area contributed by atoms with Crippen molar-refractivity contribution in [3.8, 4) is 11.5 Å². The number of fused-ring (bicyclic) bond motifs is 2. The van der Waals surface area contributed by atoms with E-state index >= 15 is 0 Å². The van der Waals surface area contributed by atoms with Crippen LogP contribution in [0.15, 0.2) is 48.7 Å². The summed E-state index contributed by atoms with van der Waals surface area (Å²) in [6, 6.07) is 13.7. The molecule has 0 radical (unpaired) electrons. The Morgan fingerprint density at radius 3 is 2.86 bits per heavy atom. The highest BCUT2D eigenvalue weighted by molar-refractivity contribution is 7.99. The summed E-state index contributed by atoms with van der Waals surface area (Å²) in [6.07, 6.45) is 2.47. The standard InChI is InChI=1S/C21H19N3O3S/c25-21(17-12-22-15-3-1-2-4-16(15)23-17)24-8-7-20(28-10-9-24)14-5-6-18-19(11-14)27-13-26-18/h1-6,11-12,20H,7-10,13H2. The molecule has 0 saturated carbocycles. The van der Waals surface area contributed by atoms with Crippen LogP contribution in [0.1, 0.15) is 27.7 Å². The van der Waals surface area contributed by atoms with E-state index in [4.69, 9.17) is 9.47 Å². The number of amides is 1. The number of aromatic nitrogens is 2. The average Bonchev–Trinajstić information content (AvgIpc) is 3.07. The third-order valence-corrected chi connectivity index (χ3v) is 6.39. The normalized spacial score (nSPS) is 18.9. The molecule has 2 aliphatic rings. The van der Waals surface area contributed by atoms with Gasteiger partial charge in [-0.15, -0.1) is 0 Å². The summed E-state index contributed by atoms with van der Waals surface area (Å²) in [5, 5.41) is 0.329. The molecule has 2 aromatic carbocycles. The number of carbonyl (C=O) groups excluding carboxylic acids is 1. The molecule has 5 rings (SSSR count). The summed E-state index contributed by atoms with van der Waals surface area (Å²) in [4.78, 5) is 23.7. The van der Waals surface area contributed by atoms with E-state index in [0.717, 1.165) is 34.7 Å². The van der Waals surface area contributed by atoms with Gasteiger partial charge in [0.05, 0.1) is 17.2 Å². The number of hydrogen-bond donors (Lipinski definition) is 0. The second kappa shape index (κ2) is 7.31. The zero-order valence-corrected chi connectivity index (χ0v) is 16.0. The lowest BCUT2D eigenvalue weighted by atomic mass is 10.1. The molecule has 0 N–H and O–H groups in total. The van der Waals surface area contributed by atoms with E-state index in [1.807, 2.05) is 47.0 Å². The molecule has 0 spiro atoms. The first-order chi connectivity index (χ1) is 13.8. The molecule has 0 bridgehead atoms. The van der Waals surface area contributed by atoms with Crippen LogP contribution in [-0.2, 0) is 0 Å². The van der Waals surface area contributed by atoms with Crippen LogP contribution < -0.4 is 9.47 Å². The molecule has 2 aliphatic heterocycles. The second-order valence-electron chi connectivity index (χ2n) is 6.80. The van der Waals surface area contributed by atoms with Crippen molar-refractivity contribution >= 4 is 28.7 Å². The number of carbonyl (C=O) groups is 1. The predicted molar refractivity (Wildman–Crippen MR) is 108 cm³/mol. The highest BCUT2D eigenvalue weighted by Gasteiger charge is 2.25. The molecule has 6 nitrogen and oxygen atoms in total. The number of rotatable bonds is 2. The summed E-state index contributed by atoms with van der Waals surface area (Å²) in [5.74, 6) is 2.44. The lowest BCUT2D eigenvalue weighted by Gasteiger charge is -2.20. The summed E-state index contributed by atoms with van der Waals surface area (Å²) in [5.41, 5.74) is 3.17. The Bertz CT molecular complexity index is 1040. The highest BCUT2D eigenvalue weighted by Crippen LogP contribution is 2.40. The van der Waals surface area contributed by atoms with Gasteiger partial charge in [-0.05, 0) is 36.2 Å².